The number of primary amides is 1. The summed E-state index contributed by atoms with van der Waals surface area (Å²) in [6, 6.07) is 1.10. The number of aliphatic hydroxyl groups is 1. The van der Waals surface area contributed by atoms with E-state index in [1.165, 1.54) is 11.3 Å². The number of hydrogen-bond donors (Lipinski definition) is 3. The van der Waals surface area contributed by atoms with Crippen LogP contribution in [-0.2, 0) is 0 Å². The maximum atomic E-state index is 12.8. The van der Waals surface area contributed by atoms with Crippen molar-refractivity contribution >= 4 is 17.4 Å². The average Bonchev–Trinajstić information content (AvgIpc) is 2.82. The number of alkyl halides is 3. The van der Waals surface area contributed by atoms with E-state index in [0.717, 1.165) is 0 Å². The molecule has 0 aromatic carbocycles. The van der Waals surface area contributed by atoms with Crippen LogP contribution in [0.1, 0.15) is 17.3 Å². The van der Waals surface area contributed by atoms with E-state index in [0.29, 0.717) is 4.88 Å². The molecule has 2 rings (SSSR count). The Morgan fingerprint density at radius 1 is 1.67 bits per heavy atom. The van der Waals surface area contributed by atoms with Gasteiger partial charge < -0.3 is 10.8 Å². The topological polar surface area (TPSA) is 78.6 Å². The van der Waals surface area contributed by atoms with Crippen LogP contribution in [0.2, 0.25) is 0 Å². The lowest BCUT2D eigenvalue weighted by atomic mass is 10.0. The summed E-state index contributed by atoms with van der Waals surface area (Å²) < 4.78 is 38.5. The molecule has 2 amide bonds. The van der Waals surface area contributed by atoms with Crippen LogP contribution in [0.3, 0.4) is 0 Å². The summed E-state index contributed by atoms with van der Waals surface area (Å²) in [7, 11) is 0. The van der Waals surface area contributed by atoms with E-state index in [1.54, 1.807) is 17.5 Å². The van der Waals surface area contributed by atoms with E-state index in [4.69, 9.17) is 5.73 Å². The number of carbonyl (C=O) groups excluding carboxylic acids is 1. The van der Waals surface area contributed by atoms with Crippen molar-refractivity contribution in [2.45, 2.75) is 24.4 Å². The molecule has 1 aromatic rings. The number of nitrogens with zero attached hydrogens (tertiary/aromatic N) is 1. The Hall–Kier alpha value is -1.32. The highest BCUT2D eigenvalue weighted by molar-refractivity contribution is 7.10. The predicted octanol–water partition coefficient (Wildman–Crippen LogP) is 1.33. The first-order valence-electron chi connectivity index (χ1n) is 4.94. The van der Waals surface area contributed by atoms with Gasteiger partial charge in [0.15, 0.2) is 0 Å². The molecular formula is C9H10F3N3O2S. The van der Waals surface area contributed by atoms with Gasteiger partial charge in [-0.2, -0.15) is 13.2 Å². The predicted molar refractivity (Wildman–Crippen MR) is 57.2 cm³/mol. The molecule has 0 radical (unpaired) electrons. The number of nitrogens with two attached hydrogens (primary N) is 1. The first-order valence-corrected chi connectivity index (χ1v) is 5.82. The third-order valence-corrected chi connectivity index (χ3v) is 3.69. The quantitative estimate of drug-likeness (QED) is 0.726. The fourth-order valence-electron chi connectivity index (χ4n) is 1.83. The van der Waals surface area contributed by atoms with Crippen molar-refractivity contribution in [2.24, 2.45) is 5.73 Å². The zero-order valence-electron chi connectivity index (χ0n) is 8.94. The maximum Gasteiger partial charge on any atom is 0.438 e. The fraction of sp³-hybridized carbons (Fsp3) is 0.444. The average molecular weight is 281 g/mol. The van der Waals surface area contributed by atoms with Crippen molar-refractivity contribution in [3.05, 3.63) is 22.4 Å². The molecule has 18 heavy (non-hydrogen) atoms. The van der Waals surface area contributed by atoms with Crippen molar-refractivity contribution in [1.82, 2.24) is 10.4 Å². The van der Waals surface area contributed by atoms with Gasteiger partial charge in [0.05, 0.1) is 6.04 Å². The number of urea groups is 1. The summed E-state index contributed by atoms with van der Waals surface area (Å²) in [5, 5.41) is 11.4. The second-order valence-corrected chi connectivity index (χ2v) is 4.87. The number of rotatable bonds is 1. The van der Waals surface area contributed by atoms with Crippen molar-refractivity contribution in [2.75, 3.05) is 0 Å². The van der Waals surface area contributed by atoms with Crippen LogP contribution >= 0.6 is 11.3 Å². The summed E-state index contributed by atoms with van der Waals surface area (Å²) in [6.45, 7) is 0. The third kappa shape index (κ3) is 1.93. The number of hydrogen-bond acceptors (Lipinski definition) is 4. The zero-order chi connectivity index (χ0) is 13.6. The van der Waals surface area contributed by atoms with E-state index in [-0.39, 0.29) is 5.01 Å². The van der Waals surface area contributed by atoms with Gasteiger partial charge in [0, 0.05) is 11.3 Å². The molecule has 0 bridgehead atoms. The SMILES string of the molecule is NC(=O)N1N[C@H](c2cccs2)C[C@@]1(O)C(F)(F)F. The molecule has 2 atom stereocenters. The molecule has 4 N–H and O–H groups in total. The van der Waals surface area contributed by atoms with E-state index in [1.807, 2.05) is 0 Å². The number of hydrazine groups is 1. The lowest BCUT2D eigenvalue weighted by molar-refractivity contribution is -0.299. The third-order valence-electron chi connectivity index (χ3n) is 2.70. The standard InChI is InChI=1S/C9H10F3N3O2S/c10-9(11,12)8(17)4-5(6-2-1-3-18-6)14-15(8)7(13)16/h1-3,5,14,17H,4H2,(H2,13,16)/t5-,8+/m0/s1. The minimum absolute atomic E-state index is 0.0391. The molecule has 1 aromatic heterocycles. The minimum atomic E-state index is -4.99. The molecule has 1 aliphatic rings. The second-order valence-electron chi connectivity index (χ2n) is 3.89. The Bertz CT molecular complexity index is 450. The lowest BCUT2D eigenvalue weighted by Gasteiger charge is -2.32. The van der Waals surface area contributed by atoms with Crippen LogP contribution in [0.4, 0.5) is 18.0 Å². The normalized spacial score (nSPS) is 28.7. The Morgan fingerprint density at radius 2 is 2.33 bits per heavy atom. The fourth-order valence-corrected chi connectivity index (χ4v) is 2.60. The molecule has 2 heterocycles. The summed E-state index contributed by atoms with van der Waals surface area (Å²) >= 11 is 1.23. The number of amides is 2. The van der Waals surface area contributed by atoms with Crippen molar-refractivity contribution in [3.8, 4) is 0 Å². The maximum absolute atomic E-state index is 12.8. The van der Waals surface area contributed by atoms with E-state index in [9.17, 15) is 23.1 Å². The van der Waals surface area contributed by atoms with Gasteiger partial charge >= 0.3 is 12.2 Å². The number of carbonyl (C=O) groups is 1. The van der Waals surface area contributed by atoms with Crippen molar-refractivity contribution in [1.29, 1.82) is 0 Å². The van der Waals surface area contributed by atoms with Crippen LogP contribution in [0.15, 0.2) is 17.5 Å². The summed E-state index contributed by atoms with van der Waals surface area (Å²) in [6.07, 6.45) is -5.68. The minimum Gasteiger partial charge on any atom is -0.362 e. The van der Waals surface area contributed by atoms with Crippen LogP contribution in [0.25, 0.3) is 0 Å². The van der Waals surface area contributed by atoms with Gasteiger partial charge in [0.1, 0.15) is 0 Å². The Morgan fingerprint density at radius 3 is 2.72 bits per heavy atom. The number of nitrogens with one attached hydrogen (secondary N) is 1. The molecule has 0 unspecified atom stereocenters. The molecule has 9 heteroatoms. The Labute approximate surface area is 104 Å². The molecule has 0 aliphatic carbocycles. The molecule has 5 nitrogen and oxygen atoms in total. The molecule has 1 saturated heterocycles. The van der Waals surface area contributed by atoms with Gasteiger partial charge in [-0.05, 0) is 11.4 Å². The molecule has 0 saturated carbocycles. The van der Waals surface area contributed by atoms with E-state index >= 15 is 0 Å². The lowest BCUT2D eigenvalue weighted by Crippen LogP contribution is -2.61. The monoisotopic (exact) mass is 281 g/mol. The summed E-state index contributed by atoms with van der Waals surface area (Å²) in [4.78, 5) is 11.6. The highest BCUT2D eigenvalue weighted by Crippen LogP contribution is 2.44. The van der Waals surface area contributed by atoms with Gasteiger partial charge in [-0.25, -0.2) is 15.2 Å². The first-order chi connectivity index (χ1) is 8.25. The van der Waals surface area contributed by atoms with Crippen molar-refractivity contribution < 1.29 is 23.1 Å². The summed E-state index contributed by atoms with van der Waals surface area (Å²) in [5.41, 5.74) is 3.86. The van der Waals surface area contributed by atoms with Crippen LogP contribution in [0.5, 0.6) is 0 Å². The van der Waals surface area contributed by atoms with Gasteiger partial charge in [-0.1, -0.05) is 6.07 Å². The van der Waals surface area contributed by atoms with Crippen LogP contribution < -0.4 is 11.2 Å². The molecular weight excluding hydrogens is 271 g/mol. The van der Waals surface area contributed by atoms with Crippen LogP contribution in [-0.4, -0.2) is 28.0 Å². The van der Waals surface area contributed by atoms with E-state index < -0.39 is 30.4 Å². The molecule has 1 fully saturated rings. The van der Waals surface area contributed by atoms with E-state index in [2.05, 4.69) is 5.43 Å². The Balaban J connectivity index is 2.33. The van der Waals surface area contributed by atoms with Crippen LogP contribution in [0, 0.1) is 0 Å². The Kier molecular flexibility index (Phi) is 2.99. The first kappa shape index (κ1) is 13.1. The second kappa shape index (κ2) is 4.11. The zero-order valence-corrected chi connectivity index (χ0v) is 9.76. The summed E-state index contributed by atoms with van der Waals surface area (Å²) in [5.74, 6) is 0. The highest BCUT2D eigenvalue weighted by atomic mass is 32.1. The molecule has 1 aliphatic heterocycles. The number of halogens is 3. The highest BCUT2D eigenvalue weighted by Gasteiger charge is 2.64. The largest absolute Gasteiger partial charge is 0.438 e. The molecule has 0 spiro atoms. The van der Waals surface area contributed by atoms with Gasteiger partial charge in [-0.3, -0.25) is 0 Å². The smallest absolute Gasteiger partial charge is 0.362 e. The van der Waals surface area contributed by atoms with Gasteiger partial charge in [0.2, 0.25) is 0 Å². The van der Waals surface area contributed by atoms with Crippen molar-refractivity contribution in [3.63, 3.8) is 0 Å². The van der Waals surface area contributed by atoms with Gasteiger partial charge in [0.25, 0.3) is 5.72 Å². The molecule has 100 valence electrons. The van der Waals surface area contributed by atoms with Gasteiger partial charge in [-0.15, -0.1) is 11.3 Å². The number of thiophene rings is 1.